The molecule has 1 amide bonds. The molecule has 1 aliphatic rings. The molecule has 0 aromatic rings. The number of carboxylic acids is 1. The second kappa shape index (κ2) is 6.59. The van der Waals surface area contributed by atoms with E-state index in [-0.39, 0.29) is 11.8 Å². The fraction of sp³-hybridized carbons (Fsp3) is 0.833. The third-order valence-electron chi connectivity index (χ3n) is 3.26. The molecule has 1 heterocycles. The molecule has 5 nitrogen and oxygen atoms in total. The Balaban J connectivity index is 2.53. The van der Waals surface area contributed by atoms with Gasteiger partial charge in [0, 0.05) is 19.6 Å². The molecule has 1 saturated heterocycles. The van der Waals surface area contributed by atoms with E-state index in [1.54, 1.807) is 11.8 Å². The highest BCUT2D eigenvalue weighted by atomic mass is 16.4. The highest BCUT2D eigenvalue weighted by molar-refractivity contribution is 5.80. The molecule has 1 unspecified atom stereocenters. The quantitative estimate of drug-likeness (QED) is 0.739. The van der Waals surface area contributed by atoms with Crippen molar-refractivity contribution in [3.05, 3.63) is 0 Å². The Bertz CT molecular complexity index is 275. The van der Waals surface area contributed by atoms with E-state index in [1.165, 1.54) is 0 Å². The zero-order chi connectivity index (χ0) is 12.8. The Morgan fingerprint density at radius 1 is 1.53 bits per heavy atom. The zero-order valence-corrected chi connectivity index (χ0v) is 10.6. The molecular weight excluding hydrogens is 220 g/mol. The maximum Gasteiger partial charge on any atom is 0.308 e. The summed E-state index contributed by atoms with van der Waals surface area (Å²) >= 11 is 0. The Morgan fingerprint density at radius 3 is 2.71 bits per heavy atom. The minimum Gasteiger partial charge on any atom is -0.481 e. The Labute approximate surface area is 102 Å². The van der Waals surface area contributed by atoms with Crippen LogP contribution in [0.5, 0.6) is 0 Å². The van der Waals surface area contributed by atoms with Crippen molar-refractivity contribution in [2.45, 2.75) is 26.7 Å². The first-order valence-corrected chi connectivity index (χ1v) is 6.28. The van der Waals surface area contributed by atoms with Gasteiger partial charge in [-0.1, -0.05) is 6.92 Å². The number of carbonyl (C=O) groups excluding carboxylic acids is 1. The highest BCUT2D eigenvalue weighted by Gasteiger charge is 2.27. The third kappa shape index (κ3) is 4.00. The average molecular weight is 242 g/mol. The van der Waals surface area contributed by atoms with Crippen molar-refractivity contribution in [2.75, 3.05) is 26.2 Å². The summed E-state index contributed by atoms with van der Waals surface area (Å²) in [5.74, 6) is -1.24. The molecule has 0 aromatic heterocycles. The predicted octanol–water partition coefficient (Wildman–Crippen LogP) is 0.555. The minimum atomic E-state index is -0.849. The normalized spacial score (nSPS) is 21.9. The largest absolute Gasteiger partial charge is 0.481 e. The van der Waals surface area contributed by atoms with Crippen LogP contribution in [0.2, 0.25) is 0 Å². The van der Waals surface area contributed by atoms with Gasteiger partial charge >= 0.3 is 5.97 Å². The first-order chi connectivity index (χ1) is 8.06. The minimum absolute atomic E-state index is 0.0182. The summed E-state index contributed by atoms with van der Waals surface area (Å²) in [7, 11) is 0. The van der Waals surface area contributed by atoms with Gasteiger partial charge in [0.2, 0.25) is 5.91 Å². The summed E-state index contributed by atoms with van der Waals surface area (Å²) in [6.45, 7) is 6.10. The average Bonchev–Trinajstić information content (AvgIpc) is 2.35. The summed E-state index contributed by atoms with van der Waals surface area (Å²) in [6.07, 6.45) is 1.92. The van der Waals surface area contributed by atoms with Gasteiger partial charge in [0.15, 0.2) is 0 Å². The number of rotatable bonds is 5. The molecule has 0 spiro atoms. The standard InChI is InChI=1S/C12H22N2O3/c1-3-14(8-9(2)12(16)17)11(15)10-5-4-6-13-7-10/h9-10,13H,3-8H2,1-2H3,(H,16,17)/t9?,10-/m1/s1. The van der Waals surface area contributed by atoms with E-state index in [0.717, 1.165) is 25.9 Å². The predicted molar refractivity (Wildman–Crippen MR) is 64.6 cm³/mol. The van der Waals surface area contributed by atoms with Gasteiger partial charge < -0.3 is 15.3 Å². The van der Waals surface area contributed by atoms with E-state index in [4.69, 9.17) is 5.11 Å². The van der Waals surface area contributed by atoms with Gasteiger partial charge in [-0.15, -0.1) is 0 Å². The van der Waals surface area contributed by atoms with Gasteiger partial charge in [0.25, 0.3) is 0 Å². The van der Waals surface area contributed by atoms with Crippen LogP contribution in [0.15, 0.2) is 0 Å². The van der Waals surface area contributed by atoms with Gasteiger partial charge in [-0.05, 0) is 26.3 Å². The van der Waals surface area contributed by atoms with Gasteiger partial charge in [0.05, 0.1) is 11.8 Å². The summed E-state index contributed by atoms with van der Waals surface area (Å²) < 4.78 is 0. The van der Waals surface area contributed by atoms with Gasteiger partial charge in [-0.3, -0.25) is 9.59 Å². The van der Waals surface area contributed by atoms with Crippen LogP contribution in [0.3, 0.4) is 0 Å². The maximum atomic E-state index is 12.2. The van der Waals surface area contributed by atoms with E-state index in [2.05, 4.69) is 5.32 Å². The summed E-state index contributed by atoms with van der Waals surface area (Å²) in [5, 5.41) is 12.1. The van der Waals surface area contributed by atoms with Crippen LogP contribution in [-0.2, 0) is 9.59 Å². The van der Waals surface area contributed by atoms with Crippen molar-refractivity contribution in [3.8, 4) is 0 Å². The molecule has 1 rings (SSSR count). The number of carboxylic acid groups (broad SMARTS) is 1. The Hall–Kier alpha value is -1.10. The van der Waals surface area contributed by atoms with Crippen LogP contribution in [0.25, 0.3) is 0 Å². The van der Waals surface area contributed by atoms with Crippen molar-refractivity contribution in [1.29, 1.82) is 0 Å². The molecule has 98 valence electrons. The van der Waals surface area contributed by atoms with E-state index >= 15 is 0 Å². The van der Waals surface area contributed by atoms with Crippen molar-refractivity contribution < 1.29 is 14.7 Å². The lowest BCUT2D eigenvalue weighted by atomic mass is 9.97. The van der Waals surface area contributed by atoms with Crippen molar-refractivity contribution in [1.82, 2.24) is 10.2 Å². The van der Waals surface area contributed by atoms with E-state index < -0.39 is 11.9 Å². The SMILES string of the molecule is CCN(CC(C)C(=O)O)C(=O)[C@@H]1CCCNC1. The third-order valence-corrected chi connectivity index (χ3v) is 3.26. The van der Waals surface area contributed by atoms with Crippen LogP contribution < -0.4 is 5.32 Å². The second-order valence-electron chi connectivity index (χ2n) is 4.66. The number of nitrogens with one attached hydrogen (secondary N) is 1. The van der Waals surface area contributed by atoms with Crippen LogP contribution >= 0.6 is 0 Å². The van der Waals surface area contributed by atoms with E-state index in [0.29, 0.717) is 13.1 Å². The smallest absolute Gasteiger partial charge is 0.308 e. The summed E-state index contributed by atoms with van der Waals surface area (Å²) in [6, 6.07) is 0. The molecule has 0 bridgehead atoms. The lowest BCUT2D eigenvalue weighted by Crippen LogP contribution is -2.45. The number of carbonyl (C=O) groups is 2. The molecule has 5 heteroatoms. The molecule has 0 aromatic carbocycles. The fourth-order valence-electron chi connectivity index (χ4n) is 2.10. The maximum absolute atomic E-state index is 12.2. The number of hydrogen-bond acceptors (Lipinski definition) is 3. The molecule has 0 radical (unpaired) electrons. The molecule has 17 heavy (non-hydrogen) atoms. The van der Waals surface area contributed by atoms with Crippen LogP contribution in [-0.4, -0.2) is 48.1 Å². The van der Waals surface area contributed by atoms with E-state index in [9.17, 15) is 9.59 Å². The fourth-order valence-corrected chi connectivity index (χ4v) is 2.10. The van der Waals surface area contributed by atoms with Gasteiger partial charge in [-0.25, -0.2) is 0 Å². The van der Waals surface area contributed by atoms with Crippen LogP contribution in [0, 0.1) is 11.8 Å². The zero-order valence-electron chi connectivity index (χ0n) is 10.6. The number of aliphatic carboxylic acids is 1. The lowest BCUT2D eigenvalue weighted by molar-refractivity contribution is -0.144. The topological polar surface area (TPSA) is 69.6 Å². The number of piperidine rings is 1. The Morgan fingerprint density at radius 2 is 2.24 bits per heavy atom. The van der Waals surface area contributed by atoms with Crippen molar-refractivity contribution >= 4 is 11.9 Å². The summed E-state index contributed by atoms with van der Waals surface area (Å²) in [5.41, 5.74) is 0. The lowest BCUT2D eigenvalue weighted by Gasteiger charge is -2.29. The Kier molecular flexibility index (Phi) is 5.41. The molecule has 0 saturated carbocycles. The van der Waals surface area contributed by atoms with Crippen LogP contribution in [0.4, 0.5) is 0 Å². The monoisotopic (exact) mass is 242 g/mol. The summed E-state index contributed by atoms with van der Waals surface area (Å²) in [4.78, 5) is 24.6. The van der Waals surface area contributed by atoms with Crippen molar-refractivity contribution in [3.63, 3.8) is 0 Å². The molecule has 1 fully saturated rings. The number of hydrogen-bond donors (Lipinski definition) is 2. The highest BCUT2D eigenvalue weighted by Crippen LogP contribution is 2.14. The number of nitrogens with zero attached hydrogens (tertiary/aromatic N) is 1. The molecular formula is C12H22N2O3. The van der Waals surface area contributed by atoms with E-state index in [1.807, 2.05) is 6.92 Å². The molecule has 1 aliphatic heterocycles. The molecule has 2 atom stereocenters. The van der Waals surface area contributed by atoms with Gasteiger partial charge in [-0.2, -0.15) is 0 Å². The van der Waals surface area contributed by atoms with Gasteiger partial charge in [0.1, 0.15) is 0 Å². The first kappa shape index (κ1) is 14.0. The first-order valence-electron chi connectivity index (χ1n) is 6.28. The number of amides is 1. The molecule has 0 aliphatic carbocycles. The van der Waals surface area contributed by atoms with Crippen molar-refractivity contribution in [2.24, 2.45) is 11.8 Å². The second-order valence-corrected chi connectivity index (χ2v) is 4.66. The van der Waals surface area contributed by atoms with Crippen LogP contribution in [0.1, 0.15) is 26.7 Å². The molecule has 2 N–H and O–H groups in total.